The normalized spacial score (nSPS) is 13.8. The Kier molecular flexibility index (Phi) is 4.56. The molecule has 2 N–H and O–H groups in total. The average molecular weight is 237 g/mol. The van der Waals surface area contributed by atoms with E-state index in [1.807, 2.05) is 6.92 Å². The zero-order valence-electron chi connectivity index (χ0n) is 9.75. The van der Waals surface area contributed by atoms with Crippen LogP contribution in [-0.2, 0) is 4.79 Å². The van der Waals surface area contributed by atoms with Crippen LogP contribution in [0, 0.1) is 5.92 Å². The number of aliphatic carboxylic acids is 1. The molecule has 0 fully saturated rings. The number of hydrogen-bond donors (Lipinski definition) is 2. The third-order valence-corrected chi connectivity index (χ3v) is 2.59. The number of carboxylic acid groups (broad SMARTS) is 1. The summed E-state index contributed by atoms with van der Waals surface area (Å²) in [5.74, 6) is -1.65. The molecule has 0 aliphatic rings. The summed E-state index contributed by atoms with van der Waals surface area (Å²) in [6.45, 7) is 3.65. The van der Waals surface area contributed by atoms with Crippen LogP contribution in [0.5, 0.6) is 0 Å². The SMILES string of the molecule is CC[C@H](C)[C@H](NC(=O)c1cncnc1)C(=O)O. The first-order valence-electron chi connectivity index (χ1n) is 5.35. The van der Waals surface area contributed by atoms with Gasteiger partial charge in [0.2, 0.25) is 0 Å². The van der Waals surface area contributed by atoms with Crippen LogP contribution in [0.1, 0.15) is 30.6 Å². The molecular weight excluding hydrogens is 222 g/mol. The highest BCUT2D eigenvalue weighted by Crippen LogP contribution is 2.08. The summed E-state index contributed by atoms with van der Waals surface area (Å²) in [7, 11) is 0. The maximum atomic E-state index is 11.7. The minimum absolute atomic E-state index is 0.138. The summed E-state index contributed by atoms with van der Waals surface area (Å²) in [5.41, 5.74) is 0.252. The molecule has 0 aliphatic heterocycles. The topological polar surface area (TPSA) is 92.2 Å². The van der Waals surface area contributed by atoms with E-state index in [1.54, 1.807) is 6.92 Å². The van der Waals surface area contributed by atoms with E-state index in [0.29, 0.717) is 6.42 Å². The second-order valence-corrected chi connectivity index (χ2v) is 3.80. The Morgan fingerprint density at radius 2 is 2.00 bits per heavy atom. The Hall–Kier alpha value is -1.98. The number of nitrogens with one attached hydrogen (secondary N) is 1. The molecule has 1 aromatic heterocycles. The Bertz CT molecular complexity index is 394. The molecule has 1 amide bonds. The van der Waals surface area contributed by atoms with Gasteiger partial charge >= 0.3 is 5.97 Å². The van der Waals surface area contributed by atoms with Gasteiger partial charge in [-0.25, -0.2) is 14.8 Å². The lowest BCUT2D eigenvalue weighted by Gasteiger charge is -2.19. The standard InChI is InChI=1S/C11H15N3O3/c1-3-7(2)9(11(16)17)14-10(15)8-4-12-6-13-5-8/h4-7,9H,3H2,1-2H3,(H,14,15)(H,16,17)/t7-,9-/m0/s1. The largest absolute Gasteiger partial charge is 0.480 e. The molecule has 0 saturated heterocycles. The molecule has 0 aliphatic carbocycles. The van der Waals surface area contributed by atoms with Gasteiger partial charge in [-0.05, 0) is 5.92 Å². The second-order valence-electron chi connectivity index (χ2n) is 3.80. The van der Waals surface area contributed by atoms with E-state index in [9.17, 15) is 9.59 Å². The van der Waals surface area contributed by atoms with Gasteiger partial charge in [0.25, 0.3) is 5.91 Å². The lowest BCUT2D eigenvalue weighted by atomic mass is 9.99. The quantitative estimate of drug-likeness (QED) is 0.786. The number of carbonyl (C=O) groups excluding carboxylic acids is 1. The first-order valence-corrected chi connectivity index (χ1v) is 5.35. The summed E-state index contributed by atoms with van der Waals surface area (Å²) in [5, 5.41) is 11.5. The van der Waals surface area contributed by atoms with Crippen LogP contribution in [0.3, 0.4) is 0 Å². The first kappa shape index (κ1) is 13.1. The van der Waals surface area contributed by atoms with E-state index in [-0.39, 0.29) is 11.5 Å². The van der Waals surface area contributed by atoms with E-state index in [4.69, 9.17) is 5.11 Å². The molecule has 0 bridgehead atoms. The van der Waals surface area contributed by atoms with E-state index >= 15 is 0 Å². The maximum absolute atomic E-state index is 11.7. The predicted octanol–water partition coefficient (Wildman–Crippen LogP) is 0.706. The van der Waals surface area contributed by atoms with Crippen molar-refractivity contribution in [3.63, 3.8) is 0 Å². The zero-order valence-corrected chi connectivity index (χ0v) is 9.75. The molecule has 1 aromatic rings. The van der Waals surface area contributed by atoms with Gasteiger partial charge in [-0.15, -0.1) is 0 Å². The lowest BCUT2D eigenvalue weighted by molar-refractivity contribution is -0.140. The maximum Gasteiger partial charge on any atom is 0.326 e. The van der Waals surface area contributed by atoms with Crippen molar-refractivity contribution in [3.8, 4) is 0 Å². The van der Waals surface area contributed by atoms with Crippen LogP contribution < -0.4 is 5.32 Å². The number of carbonyl (C=O) groups is 2. The van der Waals surface area contributed by atoms with Crippen molar-refractivity contribution >= 4 is 11.9 Å². The third kappa shape index (κ3) is 3.51. The molecule has 92 valence electrons. The first-order chi connectivity index (χ1) is 8.06. The number of carboxylic acids is 1. The van der Waals surface area contributed by atoms with Gasteiger partial charge in [0.15, 0.2) is 0 Å². The molecular formula is C11H15N3O3. The van der Waals surface area contributed by atoms with Crippen LogP contribution in [0.15, 0.2) is 18.7 Å². The highest BCUT2D eigenvalue weighted by Gasteiger charge is 2.25. The van der Waals surface area contributed by atoms with Gasteiger partial charge < -0.3 is 10.4 Å². The van der Waals surface area contributed by atoms with Gasteiger partial charge in [0.1, 0.15) is 12.4 Å². The molecule has 6 heteroatoms. The monoisotopic (exact) mass is 237 g/mol. The van der Waals surface area contributed by atoms with Crippen LogP contribution in [0.25, 0.3) is 0 Å². The fourth-order valence-corrected chi connectivity index (χ4v) is 1.32. The fourth-order valence-electron chi connectivity index (χ4n) is 1.32. The third-order valence-electron chi connectivity index (χ3n) is 2.59. The summed E-state index contributed by atoms with van der Waals surface area (Å²) in [6, 6.07) is -0.896. The summed E-state index contributed by atoms with van der Waals surface area (Å²) in [6.07, 6.45) is 4.67. The van der Waals surface area contributed by atoms with Gasteiger partial charge in [-0.3, -0.25) is 4.79 Å². The van der Waals surface area contributed by atoms with E-state index in [2.05, 4.69) is 15.3 Å². The van der Waals surface area contributed by atoms with Gasteiger partial charge in [-0.2, -0.15) is 0 Å². The molecule has 2 atom stereocenters. The molecule has 0 spiro atoms. The number of amides is 1. The number of hydrogen-bond acceptors (Lipinski definition) is 4. The Morgan fingerprint density at radius 3 is 2.47 bits per heavy atom. The molecule has 0 saturated carbocycles. The van der Waals surface area contributed by atoms with E-state index in [1.165, 1.54) is 18.7 Å². The molecule has 1 heterocycles. The van der Waals surface area contributed by atoms with Crippen molar-refractivity contribution in [2.75, 3.05) is 0 Å². The lowest BCUT2D eigenvalue weighted by Crippen LogP contribution is -2.45. The van der Waals surface area contributed by atoms with E-state index < -0.39 is 17.9 Å². The molecule has 0 aromatic carbocycles. The van der Waals surface area contributed by atoms with Crippen molar-refractivity contribution in [3.05, 3.63) is 24.3 Å². The van der Waals surface area contributed by atoms with Crippen LogP contribution >= 0.6 is 0 Å². The van der Waals surface area contributed by atoms with Crippen molar-refractivity contribution in [1.82, 2.24) is 15.3 Å². The minimum Gasteiger partial charge on any atom is -0.480 e. The molecule has 0 radical (unpaired) electrons. The van der Waals surface area contributed by atoms with Crippen LogP contribution in [0.4, 0.5) is 0 Å². The summed E-state index contributed by atoms with van der Waals surface area (Å²) >= 11 is 0. The highest BCUT2D eigenvalue weighted by molar-refractivity contribution is 5.96. The summed E-state index contributed by atoms with van der Waals surface area (Å²) in [4.78, 5) is 30.2. The van der Waals surface area contributed by atoms with E-state index in [0.717, 1.165) is 0 Å². The van der Waals surface area contributed by atoms with Gasteiger partial charge in [-0.1, -0.05) is 20.3 Å². The number of aromatic nitrogens is 2. The predicted molar refractivity (Wildman–Crippen MR) is 60.4 cm³/mol. The molecule has 0 unspecified atom stereocenters. The van der Waals surface area contributed by atoms with Crippen molar-refractivity contribution in [1.29, 1.82) is 0 Å². The Labute approximate surface area is 99.1 Å². The van der Waals surface area contributed by atoms with Crippen LogP contribution in [-0.4, -0.2) is 33.0 Å². The van der Waals surface area contributed by atoms with Gasteiger partial charge in [0, 0.05) is 12.4 Å². The van der Waals surface area contributed by atoms with Crippen molar-refractivity contribution in [2.24, 2.45) is 5.92 Å². The fraction of sp³-hybridized carbons (Fsp3) is 0.455. The minimum atomic E-state index is -1.04. The van der Waals surface area contributed by atoms with Crippen molar-refractivity contribution in [2.45, 2.75) is 26.3 Å². The Balaban J connectivity index is 2.75. The zero-order chi connectivity index (χ0) is 12.8. The smallest absolute Gasteiger partial charge is 0.326 e. The second kappa shape index (κ2) is 5.93. The number of rotatable bonds is 5. The number of nitrogens with zero attached hydrogens (tertiary/aromatic N) is 2. The van der Waals surface area contributed by atoms with Crippen molar-refractivity contribution < 1.29 is 14.7 Å². The average Bonchev–Trinajstić information content (AvgIpc) is 2.35. The molecule has 6 nitrogen and oxygen atoms in total. The molecule has 1 rings (SSSR count). The highest BCUT2D eigenvalue weighted by atomic mass is 16.4. The van der Waals surface area contributed by atoms with Gasteiger partial charge in [0.05, 0.1) is 5.56 Å². The summed E-state index contributed by atoms with van der Waals surface area (Å²) < 4.78 is 0. The molecule has 17 heavy (non-hydrogen) atoms. The Morgan fingerprint density at radius 1 is 1.41 bits per heavy atom. The van der Waals surface area contributed by atoms with Crippen LogP contribution in [0.2, 0.25) is 0 Å².